The Morgan fingerprint density at radius 3 is 1.87 bits per heavy atom. The van der Waals surface area contributed by atoms with Crippen LogP contribution in [0.2, 0.25) is 0 Å². The molecule has 2 nitrogen and oxygen atoms in total. The molecule has 0 fully saturated rings. The first kappa shape index (κ1) is 13.5. The highest BCUT2D eigenvalue weighted by molar-refractivity contribution is 5.66. The lowest BCUT2D eigenvalue weighted by Gasteiger charge is -2.41. The van der Waals surface area contributed by atoms with E-state index in [1.165, 1.54) is 48.1 Å². The summed E-state index contributed by atoms with van der Waals surface area (Å²) in [6.45, 7) is 5.97. The topological polar surface area (TPSA) is 18.5 Å². The van der Waals surface area contributed by atoms with Gasteiger partial charge in [0.1, 0.15) is 24.7 Å². The summed E-state index contributed by atoms with van der Waals surface area (Å²) >= 11 is 0. The molecule has 0 aromatic heterocycles. The lowest BCUT2D eigenvalue weighted by molar-refractivity contribution is 0.213. The molecule has 0 spiro atoms. The molecule has 2 aromatic rings. The third-order valence-corrected chi connectivity index (χ3v) is 5.93. The van der Waals surface area contributed by atoms with E-state index >= 15 is 0 Å². The maximum Gasteiger partial charge on any atom is 0.126 e. The Balaban J connectivity index is 1.79. The molecular weight excluding hydrogens is 284 g/mol. The molecule has 4 bridgehead atoms. The fourth-order valence-corrected chi connectivity index (χ4v) is 4.51. The van der Waals surface area contributed by atoms with Gasteiger partial charge in [-0.15, -0.1) is 0 Å². The second kappa shape index (κ2) is 4.53. The van der Waals surface area contributed by atoms with E-state index in [2.05, 4.69) is 38.1 Å². The largest absolute Gasteiger partial charge is 0.490 e. The second-order valence-corrected chi connectivity index (χ2v) is 7.46. The first-order chi connectivity index (χ1) is 11.2. The molecule has 6 aliphatic rings. The highest BCUT2D eigenvalue weighted by Crippen LogP contribution is 2.50. The molecule has 0 saturated carbocycles. The van der Waals surface area contributed by atoms with E-state index in [0.717, 1.165) is 5.75 Å². The molecule has 2 aliphatic carbocycles. The van der Waals surface area contributed by atoms with Crippen LogP contribution in [0, 0.1) is 0 Å². The van der Waals surface area contributed by atoms with E-state index in [9.17, 15) is 0 Å². The van der Waals surface area contributed by atoms with E-state index in [0.29, 0.717) is 13.2 Å². The van der Waals surface area contributed by atoms with Crippen LogP contribution >= 0.6 is 0 Å². The lowest BCUT2D eigenvalue weighted by atomic mass is 9.64. The number of benzene rings is 2. The van der Waals surface area contributed by atoms with Crippen molar-refractivity contribution in [2.24, 2.45) is 0 Å². The fourth-order valence-electron chi connectivity index (χ4n) is 4.51. The van der Waals surface area contributed by atoms with Crippen molar-refractivity contribution >= 4 is 0 Å². The number of ether oxygens (including phenoxy) is 2. The van der Waals surface area contributed by atoms with Crippen molar-refractivity contribution in [1.82, 2.24) is 0 Å². The molecule has 4 aliphatic heterocycles. The van der Waals surface area contributed by atoms with Crippen LogP contribution in [0.15, 0.2) is 24.3 Å². The summed E-state index contributed by atoms with van der Waals surface area (Å²) in [4.78, 5) is 0. The summed E-state index contributed by atoms with van der Waals surface area (Å²) in [5.74, 6) is 2.12. The number of rotatable bonds is 0. The highest BCUT2D eigenvalue weighted by atomic mass is 16.5. The van der Waals surface area contributed by atoms with Crippen LogP contribution in [-0.2, 0) is 31.1 Å². The zero-order valence-electron chi connectivity index (χ0n) is 13.9. The second-order valence-electron chi connectivity index (χ2n) is 7.46. The van der Waals surface area contributed by atoms with Crippen LogP contribution in [0.4, 0.5) is 0 Å². The summed E-state index contributed by atoms with van der Waals surface area (Å²) in [6.07, 6.45) is 4.74. The predicted molar refractivity (Wildman–Crippen MR) is 90.8 cm³/mol. The van der Waals surface area contributed by atoms with Gasteiger partial charge in [-0.1, -0.05) is 26.0 Å². The van der Waals surface area contributed by atoms with E-state index in [1.807, 2.05) is 0 Å². The van der Waals surface area contributed by atoms with Crippen molar-refractivity contribution in [2.75, 3.05) is 13.2 Å². The van der Waals surface area contributed by atoms with Crippen LogP contribution in [-0.4, -0.2) is 13.2 Å². The number of hydrogen-bond acceptors (Lipinski definition) is 2. The molecule has 0 radical (unpaired) electrons. The molecule has 0 amide bonds. The van der Waals surface area contributed by atoms with Crippen molar-refractivity contribution in [2.45, 2.75) is 44.9 Å². The molecule has 0 saturated heterocycles. The van der Waals surface area contributed by atoms with Crippen molar-refractivity contribution in [3.05, 3.63) is 57.6 Å². The average Bonchev–Trinajstić information content (AvgIpc) is 2.48. The Morgan fingerprint density at radius 1 is 0.739 bits per heavy atom. The zero-order valence-corrected chi connectivity index (χ0v) is 13.9. The SMILES string of the molecule is CC1(C)c2ccc(cc2)OCCOc2c3c(c1c1c2CC1)CC3. The minimum atomic E-state index is 0.0418. The van der Waals surface area contributed by atoms with Gasteiger partial charge < -0.3 is 9.47 Å². The molecule has 23 heavy (non-hydrogen) atoms. The standard InChI is InChI=1S/C21H22O2/c1-21(2)13-3-5-14(6-4-13)22-11-12-23-20-17-9-7-15(17)19(21)16-8-10-18(16)20/h3-6H,7-12H2,1-2H3. The van der Waals surface area contributed by atoms with E-state index < -0.39 is 0 Å². The number of hydrogen-bond donors (Lipinski definition) is 0. The van der Waals surface area contributed by atoms with Gasteiger partial charge in [0.2, 0.25) is 0 Å². The zero-order chi connectivity index (χ0) is 15.6. The van der Waals surface area contributed by atoms with E-state index in [1.54, 1.807) is 16.7 Å². The van der Waals surface area contributed by atoms with Gasteiger partial charge in [-0.25, -0.2) is 0 Å². The van der Waals surface area contributed by atoms with Gasteiger partial charge in [-0.05, 0) is 71.2 Å². The van der Waals surface area contributed by atoms with Crippen molar-refractivity contribution in [3.63, 3.8) is 0 Å². The molecular formula is C21H22O2. The van der Waals surface area contributed by atoms with Crippen LogP contribution in [0.5, 0.6) is 11.5 Å². The summed E-state index contributed by atoms with van der Waals surface area (Å²) < 4.78 is 12.0. The Labute approximate surface area is 137 Å². The third-order valence-electron chi connectivity index (χ3n) is 5.93. The predicted octanol–water partition coefficient (Wildman–Crippen LogP) is 3.98. The average molecular weight is 306 g/mol. The lowest BCUT2D eigenvalue weighted by Crippen LogP contribution is -2.32. The van der Waals surface area contributed by atoms with Gasteiger partial charge in [-0.2, -0.15) is 0 Å². The summed E-state index contributed by atoms with van der Waals surface area (Å²) in [6, 6.07) is 8.67. The quantitative estimate of drug-likeness (QED) is 0.733. The van der Waals surface area contributed by atoms with Gasteiger partial charge in [0.15, 0.2) is 0 Å². The monoisotopic (exact) mass is 306 g/mol. The van der Waals surface area contributed by atoms with Crippen LogP contribution in [0.25, 0.3) is 0 Å². The minimum Gasteiger partial charge on any atom is -0.490 e. The van der Waals surface area contributed by atoms with Crippen molar-refractivity contribution in [1.29, 1.82) is 0 Å². The summed E-state index contributed by atoms with van der Waals surface area (Å²) in [7, 11) is 0. The maximum atomic E-state index is 6.18. The molecule has 4 heterocycles. The molecule has 8 rings (SSSR count). The smallest absolute Gasteiger partial charge is 0.126 e. The Hall–Kier alpha value is -1.96. The van der Waals surface area contributed by atoms with E-state index in [-0.39, 0.29) is 5.41 Å². The van der Waals surface area contributed by atoms with E-state index in [4.69, 9.17) is 9.47 Å². The van der Waals surface area contributed by atoms with Gasteiger partial charge >= 0.3 is 0 Å². The Kier molecular flexibility index (Phi) is 2.66. The molecule has 118 valence electrons. The summed E-state index contributed by atoms with van der Waals surface area (Å²) in [5.41, 5.74) is 9.07. The molecule has 2 aromatic carbocycles. The maximum absolute atomic E-state index is 6.18. The van der Waals surface area contributed by atoms with Gasteiger partial charge in [0.25, 0.3) is 0 Å². The third kappa shape index (κ3) is 1.75. The fraction of sp³-hybridized carbons (Fsp3) is 0.429. The molecule has 2 heteroatoms. The first-order valence-corrected chi connectivity index (χ1v) is 8.72. The van der Waals surface area contributed by atoms with Gasteiger partial charge in [-0.3, -0.25) is 0 Å². The molecule has 0 N–H and O–H groups in total. The molecule has 0 atom stereocenters. The van der Waals surface area contributed by atoms with Crippen molar-refractivity contribution in [3.8, 4) is 11.5 Å². The van der Waals surface area contributed by atoms with Gasteiger partial charge in [0, 0.05) is 5.41 Å². The van der Waals surface area contributed by atoms with Gasteiger partial charge in [0.05, 0.1) is 0 Å². The Bertz CT molecular complexity index is 767. The normalized spacial score (nSPS) is 19.7. The van der Waals surface area contributed by atoms with Crippen LogP contribution in [0.3, 0.4) is 0 Å². The van der Waals surface area contributed by atoms with Crippen molar-refractivity contribution < 1.29 is 9.47 Å². The Morgan fingerprint density at radius 2 is 1.30 bits per heavy atom. The highest BCUT2D eigenvalue weighted by Gasteiger charge is 2.39. The first-order valence-electron chi connectivity index (χ1n) is 8.72. The summed E-state index contributed by atoms with van der Waals surface area (Å²) in [5, 5.41) is 0. The van der Waals surface area contributed by atoms with Crippen LogP contribution < -0.4 is 9.47 Å². The molecule has 0 unspecified atom stereocenters. The van der Waals surface area contributed by atoms with Crippen LogP contribution in [0.1, 0.15) is 47.2 Å². The minimum absolute atomic E-state index is 0.0418.